The van der Waals surface area contributed by atoms with Gasteiger partial charge < -0.3 is 9.80 Å². The van der Waals surface area contributed by atoms with Crippen LogP contribution in [-0.2, 0) is 0 Å². The predicted molar refractivity (Wildman–Crippen MR) is 73.2 cm³/mol. The number of hydrogen-bond acceptors (Lipinski definition) is 4. The van der Waals surface area contributed by atoms with Gasteiger partial charge >= 0.3 is 0 Å². The molecule has 98 valence electrons. The van der Waals surface area contributed by atoms with Gasteiger partial charge in [-0.2, -0.15) is 0 Å². The third kappa shape index (κ3) is 2.88. The number of Topliss-reactive ketones (excluding diaryl/α,β-unsaturated/α-hetero) is 1. The van der Waals surface area contributed by atoms with Gasteiger partial charge in [-0.3, -0.25) is 4.79 Å². The van der Waals surface area contributed by atoms with Gasteiger partial charge in [0.2, 0.25) is 0 Å². The second kappa shape index (κ2) is 5.48. The maximum Gasteiger partial charge on any atom is 0.159 e. The van der Waals surface area contributed by atoms with Gasteiger partial charge in [0.15, 0.2) is 5.78 Å². The molecule has 18 heavy (non-hydrogen) atoms. The predicted octanol–water partition coefficient (Wildman–Crippen LogP) is 1.81. The Hall–Kier alpha value is -1.42. The van der Waals surface area contributed by atoms with Crippen molar-refractivity contribution in [2.75, 3.05) is 32.1 Å². The van der Waals surface area contributed by atoms with Crippen LogP contribution in [0.1, 0.15) is 30.1 Å². The Morgan fingerprint density at radius 3 is 3.00 bits per heavy atom. The zero-order valence-electron chi connectivity index (χ0n) is 11.4. The van der Waals surface area contributed by atoms with E-state index >= 15 is 0 Å². The summed E-state index contributed by atoms with van der Waals surface area (Å²) in [5, 5.41) is 0. The minimum Gasteiger partial charge on any atom is -0.355 e. The van der Waals surface area contributed by atoms with Crippen molar-refractivity contribution in [1.82, 2.24) is 9.88 Å². The highest BCUT2D eigenvalue weighted by Gasteiger charge is 2.22. The topological polar surface area (TPSA) is 36.4 Å². The Bertz CT molecular complexity index is 433. The monoisotopic (exact) mass is 247 g/mol. The second-order valence-corrected chi connectivity index (χ2v) is 5.13. The Labute approximate surface area is 109 Å². The van der Waals surface area contributed by atoms with Crippen molar-refractivity contribution in [2.45, 2.75) is 25.8 Å². The number of likely N-dealkylation sites (N-methyl/N-ethyl adjacent to an activating group) is 2. The SMILES string of the molecule is CC(=O)c1ccnc(N(C)C2CCCN(C)C2)c1. The van der Waals surface area contributed by atoms with Gasteiger partial charge in [-0.25, -0.2) is 4.98 Å². The van der Waals surface area contributed by atoms with E-state index in [0.29, 0.717) is 6.04 Å². The summed E-state index contributed by atoms with van der Waals surface area (Å²) in [6.07, 6.45) is 4.12. The summed E-state index contributed by atoms with van der Waals surface area (Å²) in [6.45, 7) is 3.82. The van der Waals surface area contributed by atoms with Crippen molar-refractivity contribution in [1.29, 1.82) is 0 Å². The maximum atomic E-state index is 11.4. The lowest BCUT2D eigenvalue weighted by Crippen LogP contribution is -2.45. The van der Waals surface area contributed by atoms with Crippen molar-refractivity contribution in [3.8, 4) is 0 Å². The fourth-order valence-electron chi connectivity index (χ4n) is 2.47. The molecule has 0 amide bonds. The average Bonchev–Trinajstić information content (AvgIpc) is 2.38. The van der Waals surface area contributed by atoms with Crippen molar-refractivity contribution in [3.63, 3.8) is 0 Å². The number of pyridine rings is 1. The molecule has 1 aliphatic heterocycles. The quantitative estimate of drug-likeness (QED) is 0.763. The van der Waals surface area contributed by atoms with E-state index in [1.165, 1.54) is 19.4 Å². The molecule has 1 aromatic rings. The number of piperidine rings is 1. The highest BCUT2D eigenvalue weighted by Crippen LogP contribution is 2.20. The second-order valence-electron chi connectivity index (χ2n) is 5.13. The molecule has 0 spiro atoms. The van der Waals surface area contributed by atoms with Crippen LogP contribution in [0.25, 0.3) is 0 Å². The normalized spacial score (nSPS) is 20.7. The van der Waals surface area contributed by atoms with Gasteiger partial charge in [-0.1, -0.05) is 0 Å². The molecular formula is C14H21N3O. The Morgan fingerprint density at radius 2 is 2.33 bits per heavy atom. The number of nitrogens with zero attached hydrogens (tertiary/aromatic N) is 3. The molecule has 2 rings (SSSR count). The van der Waals surface area contributed by atoms with Crippen LogP contribution in [0, 0.1) is 0 Å². The molecule has 0 bridgehead atoms. The zero-order valence-corrected chi connectivity index (χ0v) is 11.4. The minimum absolute atomic E-state index is 0.0906. The molecule has 1 saturated heterocycles. The zero-order chi connectivity index (χ0) is 13.1. The third-order valence-corrected chi connectivity index (χ3v) is 3.66. The molecule has 0 saturated carbocycles. The van der Waals surface area contributed by atoms with Gasteiger partial charge in [-0.15, -0.1) is 0 Å². The third-order valence-electron chi connectivity index (χ3n) is 3.66. The molecule has 1 aromatic heterocycles. The van der Waals surface area contributed by atoms with E-state index in [-0.39, 0.29) is 5.78 Å². The van der Waals surface area contributed by atoms with Crippen LogP contribution in [0.2, 0.25) is 0 Å². The van der Waals surface area contributed by atoms with Crippen LogP contribution in [0.4, 0.5) is 5.82 Å². The molecule has 1 atom stereocenters. The van der Waals surface area contributed by atoms with E-state index in [1.807, 2.05) is 6.07 Å². The number of anilines is 1. The summed E-state index contributed by atoms with van der Waals surface area (Å²) in [5.74, 6) is 0.982. The van der Waals surface area contributed by atoms with Gasteiger partial charge in [-0.05, 0) is 45.5 Å². The molecule has 1 unspecified atom stereocenters. The molecule has 0 aromatic carbocycles. The number of aromatic nitrogens is 1. The summed E-state index contributed by atoms with van der Waals surface area (Å²) in [7, 11) is 4.22. The Balaban J connectivity index is 2.14. The van der Waals surface area contributed by atoms with Crippen LogP contribution >= 0.6 is 0 Å². The van der Waals surface area contributed by atoms with E-state index in [9.17, 15) is 4.79 Å². The van der Waals surface area contributed by atoms with E-state index < -0.39 is 0 Å². The maximum absolute atomic E-state index is 11.4. The molecule has 0 radical (unpaired) electrons. The van der Waals surface area contributed by atoms with E-state index in [4.69, 9.17) is 0 Å². The number of likely N-dealkylation sites (tertiary alicyclic amines) is 1. The van der Waals surface area contributed by atoms with Crippen molar-refractivity contribution < 1.29 is 4.79 Å². The highest BCUT2D eigenvalue weighted by atomic mass is 16.1. The first-order chi connectivity index (χ1) is 8.58. The van der Waals surface area contributed by atoms with Crippen LogP contribution < -0.4 is 4.90 Å². The first-order valence-electron chi connectivity index (χ1n) is 6.46. The average molecular weight is 247 g/mol. The molecule has 0 N–H and O–H groups in total. The molecule has 1 fully saturated rings. The van der Waals surface area contributed by atoms with Crippen LogP contribution in [0.3, 0.4) is 0 Å². The molecule has 2 heterocycles. The number of carbonyl (C=O) groups is 1. The van der Waals surface area contributed by atoms with Crippen molar-refractivity contribution in [2.24, 2.45) is 0 Å². The summed E-state index contributed by atoms with van der Waals surface area (Å²) in [5.41, 5.74) is 0.732. The summed E-state index contributed by atoms with van der Waals surface area (Å²) >= 11 is 0. The lowest BCUT2D eigenvalue weighted by atomic mass is 10.0. The van der Waals surface area contributed by atoms with Crippen LogP contribution in [0.15, 0.2) is 18.3 Å². The van der Waals surface area contributed by atoms with Gasteiger partial charge in [0.1, 0.15) is 5.82 Å². The minimum atomic E-state index is 0.0906. The van der Waals surface area contributed by atoms with E-state index in [2.05, 4.69) is 28.9 Å². The standard InChI is InChI=1S/C14H21N3O/c1-11(18)12-6-7-15-14(9-12)17(3)13-5-4-8-16(2)10-13/h6-7,9,13H,4-5,8,10H2,1-3H3. The molecule has 1 aliphatic rings. The number of hydrogen-bond donors (Lipinski definition) is 0. The first-order valence-corrected chi connectivity index (χ1v) is 6.46. The van der Waals surface area contributed by atoms with Crippen molar-refractivity contribution >= 4 is 11.6 Å². The Kier molecular flexibility index (Phi) is 3.97. The van der Waals surface area contributed by atoms with Crippen LogP contribution in [0.5, 0.6) is 0 Å². The van der Waals surface area contributed by atoms with E-state index in [1.54, 1.807) is 19.2 Å². The lowest BCUT2D eigenvalue weighted by molar-refractivity contribution is 0.101. The van der Waals surface area contributed by atoms with Gasteiger partial charge in [0.25, 0.3) is 0 Å². The number of ketones is 1. The van der Waals surface area contributed by atoms with Gasteiger partial charge in [0.05, 0.1) is 0 Å². The summed E-state index contributed by atoms with van der Waals surface area (Å²) in [6, 6.07) is 4.14. The van der Waals surface area contributed by atoms with Gasteiger partial charge in [0, 0.05) is 31.4 Å². The number of rotatable bonds is 3. The number of carbonyl (C=O) groups excluding carboxylic acids is 1. The molecular weight excluding hydrogens is 226 g/mol. The fraction of sp³-hybridized carbons (Fsp3) is 0.571. The molecule has 4 nitrogen and oxygen atoms in total. The largest absolute Gasteiger partial charge is 0.355 e. The smallest absolute Gasteiger partial charge is 0.159 e. The first kappa shape index (κ1) is 13.0. The summed E-state index contributed by atoms with van der Waals surface area (Å²) in [4.78, 5) is 20.3. The highest BCUT2D eigenvalue weighted by molar-refractivity contribution is 5.94. The fourth-order valence-corrected chi connectivity index (χ4v) is 2.47. The van der Waals surface area contributed by atoms with Crippen LogP contribution in [-0.4, -0.2) is 48.9 Å². The Morgan fingerprint density at radius 1 is 1.56 bits per heavy atom. The summed E-state index contributed by atoms with van der Waals surface area (Å²) < 4.78 is 0. The van der Waals surface area contributed by atoms with Crippen molar-refractivity contribution in [3.05, 3.63) is 23.9 Å². The van der Waals surface area contributed by atoms with E-state index in [0.717, 1.165) is 17.9 Å². The molecule has 0 aliphatic carbocycles. The molecule has 4 heteroatoms. The lowest BCUT2D eigenvalue weighted by Gasteiger charge is -2.36.